The zero-order valence-corrected chi connectivity index (χ0v) is 5.60. The average molecular weight is 127 g/mol. The highest BCUT2D eigenvalue weighted by Crippen LogP contribution is 2.43. The van der Waals surface area contributed by atoms with Crippen molar-refractivity contribution in [3.05, 3.63) is 0 Å². The fourth-order valence-corrected chi connectivity index (χ4v) is 2.02. The van der Waals surface area contributed by atoms with Crippen molar-refractivity contribution in [2.75, 3.05) is 0 Å². The Morgan fingerprint density at radius 2 is 1.89 bits per heavy atom. The van der Waals surface area contributed by atoms with Gasteiger partial charge in [-0.25, -0.2) is 0 Å². The highest BCUT2D eigenvalue weighted by Gasteiger charge is 2.45. The Bertz CT molecular complexity index is 110. The summed E-state index contributed by atoms with van der Waals surface area (Å²) in [5, 5.41) is 0. The molecule has 2 rings (SSSR count). The molecule has 0 radical (unpaired) electrons. The van der Waals surface area contributed by atoms with Crippen LogP contribution in [0.25, 0.3) is 0 Å². The van der Waals surface area contributed by atoms with Gasteiger partial charge in [0.15, 0.2) is 0 Å². The molecule has 52 valence electrons. The molecule has 2 nitrogen and oxygen atoms in total. The first kappa shape index (κ1) is 5.69. The minimum atomic E-state index is 0.0584. The molecule has 1 saturated carbocycles. The molecule has 1 atom stereocenters. The molecular weight excluding hydrogens is 114 g/mol. The Balaban J connectivity index is 1.95. The lowest BCUT2D eigenvalue weighted by Crippen LogP contribution is -2.52. The van der Waals surface area contributed by atoms with Crippen molar-refractivity contribution in [2.24, 2.45) is 5.73 Å². The topological polar surface area (TPSA) is 35.2 Å². The predicted molar refractivity (Wildman–Crippen MR) is 34.9 cm³/mol. The van der Waals surface area contributed by atoms with Crippen molar-refractivity contribution in [3.63, 3.8) is 0 Å². The molecule has 0 aromatic rings. The summed E-state index contributed by atoms with van der Waals surface area (Å²) in [4.78, 5) is 0. The third-order valence-electron chi connectivity index (χ3n) is 2.49. The molecule has 1 saturated heterocycles. The molecule has 2 aliphatic rings. The largest absolute Gasteiger partial charge is 0.357 e. The third-order valence-corrected chi connectivity index (χ3v) is 2.49. The van der Waals surface area contributed by atoms with E-state index in [2.05, 4.69) is 0 Å². The van der Waals surface area contributed by atoms with Crippen LogP contribution in [0.2, 0.25) is 0 Å². The van der Waals surface area contributed by atoms with Crippen molar-refractivity contribution < 1.29 is 4.74 Å². The van der Waals surface area contributed by atoms with E-state index in [0.717, 1.165) is 6.42 Å². The Morgan fingerprint density at radius 3 is 2.33 bits per heavy atom. The van der Waals surface area contributed by atoms with Crippen molar-refractivity contribution in [3.8, 4) is 0 Å². The zero-order chi connectivity index (χ0) is 6.32. The Labute approximate surface area is 55.4 Å². The lowest BCUT2D eigenvalue weighted by molar-refractivity contribution is -0.198. The van der Waals surface area contributed by atoms with E-state index in [1.54, 1.807) is 0 Å². The van der Waals surface area contributed by atoms with Gasteiger partial charge in [-0.3, -0.25) is 0 Å². The van der Waals surface area contributed by atoms with Gasteiger partial charge in [0.05, 0.1) is 5.60 Å². The van der Waals surface area contributed by atoms with Crippen LogP contribution in [0.3, 0.4) is 0 Å². The molecule has 1 aliphatic carbocycles. The Morgan fingerprint density at radius 1 is 1.33 bits per heavy atom. The SMILES string of the molecule is NC1CC2(CCCC2)O1. The highest BCUT2D eigenvalue weighted by atomic mass is 16.5. The van der Waals surface area contributed by atoms with Gasteiger partial charge in [0.25, 0.3) is 0 Å². The lowest BCUT2D eigenvalue weighted by atomic mass is 9.91. The highest BCUT2D eigenvalue weighted by molar-refractivity contribution is 4.94. The van der Waals surface area contributed by atoms with Crippen LogP contribution in [-0.2, 0) is 4.74 Å². The van der Waals surface area contributed by atoms with Crippen LogP contribution in [0.1, 0.15) is 32.1 Å². The fraction of sp³-hybridized carbons (Fsp3) is 1.00. The summed E-state index contributed by atoms with van der Waals surface area (Å²) in [7, 11) is 0. The van der Waals surface area contributed by atoms with Crippen molar-refractivity contribution >= 4 is 0 Å². The second kappa shape index (κ2) is 1.70. The quantitative estimate of drug-likeness (QED) is 0.527. The molecule has 0 bridgehead atoms. The first-order chi connectivity index (χ1) is 4.31. The first-order valence-electron chi connectivity index (χ1n) is 3.74. The van der Waals surface area contributed by atoms with E-state index in [4.69, 9.17) is 10.5 Å². The van der Waals surface area contributed by atoms with Gasteiger partial charge in [0.1, 0.15) is 6.23 Å². The van der Waals surface area contributed by atoms with E-state index in [-0.39, 0.29) is 11.8 Å². The molecule has 2 heteroatoms. The first-order valence-corrected chi connectivity index (χ1v) is 3.74. The summed E-state index contributed by atoms with van der Waals surface area (Å²) in [6.45, 7) is 0. The van der Waals surface area contributed by atoms with Gasteiger partial charge in [-0.2, -0.15) is 0 Å². The van der Waals surface area contributed by atoms with E-state index >= 15 is 0 Å². The maximum Gasteiger partial charge on any atom is 0.109 e. The molecule has 9 heavy (non-hydrogen) atoms. The summed E-state index contributed by atoms with van der Waals surface area (Å²) in [6.07, 6.45) is 6.34. The van der Waals surface area contributed by atoms with Crippen LogP contribution in [0.4, 0.5) is 0 Å². The Kier molecular flexibility index (Phi) is 1.08. The van der Waals surface area contributed by atoms with E-state index in [1.165, 1.54) is 25.7 Å². The van der Waals surface area contributed by atoms with E-state index in [1.807, 2.05) is 0 Å². The average Bonchev–Trinajstić information content (AvgIpc) is 2.12. The van der Waals surface area contributed by atoms with Crippen molar-refractivity contribution in [1.82, 2.24) is 0 Å². The summed E-state index contributed by atoms with van der Waals surface area (Å²) in [6, 6.07) is 0. The van der Waals surface area contributed by atoms with Crippen LogP contribution in [0, 0.1) is 0 Å². The van der Waals surface area contributed by atoms with Gasteiger partial charge in [-0.15, -0.1) is 0 Å². The standard InChI is InChI=1S/C7H13NO/c8-6-5-7(9-6)3-1-2-4-7/h6H,1-5,8H2. The minimum absolute atomic E-state index is 0.0584. The minimum Gasteiger partial charge on any atom is -0.357 e. The molecule has 1 spiro atoms. The summed E-state index contributed by atoms with van der Waals surface area (Å²) < 4.78 is 5.47. The molecule has 0 aromatic heterocycles. The van der Waals surface area contributed by atoms with Crippen LogP contribution in [-0.4, -0.2) is 11.8 Å². The lowest BCUT2D eigenvalue weighted by Gasteiger charge is -2.43. The summed E-state index contributed by atoms with van der Waals surface area (Å²) in [5.41, 5.74) is 5.77. The summed E-state index contributed by atoms with van der Waals surface area (Å²) >= 11 is 0. The van der Waals surface area contributed by atoms with Crippen LogP contribution in [0.15, 0.2) is 0 Å². The van der Waals surface area contributed by atoms with Crippen LogP contribution in [0.5, 0.6) is 0 Å². The molecule has 2 N–H and O–H groups in total. The molecule has 1 heterocycles. The number of hydrogen-bond donors (Lipinski definition) is 1. The van der Waals surface area contributed by atoms with Gasteiger partial charge in [0, 0.05) is 6.42 Å². The second-order valence-electron chi connectivity index (χ2n) is 3.25. The zero-order valence-electron chi connectivity index (χ0n) is 5.60. The van der Waals surface area contributed by atoms with Gasteiger partial charge in [0.2, 0.25) is 0 Å². The molecule has 2 fully saturated rings. The monoisotopic (exact) mass is 127 g/mol. The Hall–Kier alpha value is -0.0800. The molecular formula is C7H13NO. The van der Waals surface area contributed by atoms with Crippen molar-refractivity contribution in [1.29, 1.82) is 0 Å². The van der Waals surface area contributed by atoms with Gasteiger partial charge < -0.3 is 10.5 Å². The van der Waals surface area contributed by atoms with E-state index in [0.29, 0.717) is 0 Å². The van der Waals surface area contributed by atoms with Crippen LogP contribution < -0.4 is 5.73 Å². The predicted octanol–water partition coefficient (Wildman–Crippen LogP) is 1.00. The van der Waals surface area contributed by atoms with Gasteiger partial charge in [-0.1, -0.05) is 12.8 Å². The second-order valence-corrected chi connectivity index (χ2v) is 3.25. The van der Waals surface area contributed by atoms with Gasteiger partial charge >= 0.3 is 0 Å². The maximum absolute atomic E-state index is 5.51. The number of hydrogen-bond acceptors (Lipinski definition) is 2. The molecule has 1 aliphatic heterocycles. The molecule has 0 amide bonds. The number of rotatable bonds is 0. The van der Waals surface area contributed by atoms with Crippen LogP contribution >= 0.6 is 0 Å². The third kappa shape index (κ3) is 0.775. The number of ether oxygens (including phenoxy) is 1. The normalized spacial score (nSPS) is 39.0. The fourth-order valence-electron chi connectivity index (χ4n) is 2.02. The molecule has 1 unspecified atom stereocenters. The number of nitrogens with two attached hydrogens (primary N) is 1. The van der Waals surface area contributed by atoms with E-state index < -0.39 is 0 Å². The molecule has 0 aromatic carbocycles. The van der Waals surface area contributed by atoms with Crippen molar-refractivity contribution in [2.45, 2.75) is 43.9 Å². The summed E-state index contributed by atoms with van der Waals surface area (Å²) in [5.74, 6) is 0. The smallest absolute Gasteiger partial charge is 0.109 e. The van der Waals surface area contributed by atoms with Gasteiger partial charge in [-0.05, 0) is 12.8 Å². The maximum atomic E-state index is 5.51. The van der Waals surface area contributed by atoms with E-state index in [9.17, 15) is 0 Å².